The highest BCUT2D eigenvalue weighted by atomic mass is 16.5. The molecule has 19 heavy (non-hydrogen) atoms. The lowest BCUT2D eigenvalue weighted by Gasteiger charge is -2.38. The van der Waals surface area contributed by atoms with E-state index in [0.717, 1.165) is 38.1 Å². The van der Waals surface area contributed by atoms with Crippen LogP contribution in [0.1, 0.15) is 31.2 Å². The maximum Gasteiger partial charge on any atom is 0.224 e. The van der Waals surface area contributed by atoms with Crippen LogP contribution in [0.25, 0.3) is 0 Å². The molecule has 0 saturated carbocycles. The van der Waals surface area contributed by atoms with E-state index in [1.165, 1.54) is 5.56 Å². The molecule has 0 aromatic heterocycles. The fourth-order valence-electron chi connectivity index (χ4n) is 3.23. The number of methoxy groups -OCH3 is 1. The number of amides is 1. The molecule has 1 amide bonds. The highest BCUT2D eigenvalue weighted by Crippen LogP contribution is 2.39. The molecule has 4 nitrogen and oxygen atoms in total. The second-order valence-electron chi connectivity index (χ2n) is 5.27. The number of fused-ring (bicyclic) bond motifs is 1. The van der Waals surface area contributed by atoms with Crippen LogP contribution in [-0.4, -0.2) is 31.0 Å². The van der Waals surface area contributed by atoms with Crippen LogP contribution in [-0.2, 0) is 10.5 Å². The van der Waals surface area contributed by atoms with Gasteiger partial charge in [-0.2, -0.15) is 0 Å². The molecule has 1 atom stereocenters. The third kappa shape index (κ3) is 2.00. The number of nitrogens with zero attached hydrogens (tertiary/aromatic N) is 1. The SMILES string of the molecule is COc1ccc([C@]23CCC(=O)N2CCCCN3)cc1. The molecule has 4 heteroatoms. The number of hydrogen-bond acceptors (Lipinski definition) is 3. The van der Waals surface area contributed by atoms with E-state index in [4.69, 9.17) is 4.74 Å². The third-order valence-electron chi connectivity index (χ3n) is 4.26. The Kier molecular flexibility index (Phi) is 3.19. The summed E-state index contributed by atoms with van der Waals surface area (Å²) < 4.78 is 5.21. The molecular formula is C15H20N2O2. The average molecular weight is 260 g/mol. The molecule has 2 aliphatic rings. The minimum Gasteiger partial charge on any atom is -0.497 e. The standard InChI is InChI=1S/C15H20N2O2/c1-19-13-6-4-12(5-7-13)15-9-8-14(18)17(15)11-3-2-10-16-15/h4-7,16H,2-3,8-11H2,1H3/t15-/m0/s1. The van der Waals surface area contributed by atoms with Crippen LogP contribution in [0.3, 0.4) is 0 Å². The molecule has 0 spiro atoms. The highest BCUT2D eigenvalue weighted by Gasteiger charge is 2.46. The summed E-state index contributed by atoms with van der Waals surface area (Å²) in [6.45, 7) is 1.83. The van der Waals surface area contributed by atoms with E-state index < -0.39 is 0 Å². The molecule has 102 valence electrons. The third-order valence-corrected chi connectivity index (χ3v) is 4.26. The van der Waals surface area contributed by atoms with Crippen molar-refractivity contribution in [1.82, 2.24) is 10.2 Å². The maximum atomic E-state index is 12.1. The van der Waals surface area contributed by atoms with Crippen molar-refractivity contribution in [1.29, 1.82) is 0 Å². The molecule has 2 fully saturated rings. The summed E-state index contributed by atoms with van der Waals surface area (Å²) in [6.07, 6.45) is 3.70. The van der Waals surface area contributed by atoms with Gasteiger partial charge >= 0.3 is 0 Å². The largest absolute Gasteiger partial charge is 0.497 e. The van der Waals surface area contributed by atoms with Gasteiger partial charge in [0.2, 0.25) is 5.91 Å². The zero-order valence-corrected chi connectivity index (χ0v) is 11.3. The van der Waals surface area contributed by atoms with Gasteiger partial charge in [-0.25, -0.2) is 0 Å². The van der Waals surface area contributed by atoms with Crippen molar-refractivity contribution in [3.8, 4) is 5.75 Å². The zero-order valence-electron chi connectivity index (χ0n) is 11.3. The smallest absolute Gasteiger partial charge is 0.224 e. The van der Waals surface area contributed by atoms with Gasteiger partial charge in [-0.05, 0) is 43.5 Å². The average Bonchev–Trinajstić information content (AvgIpc) is 2.65. The second kappa shape index (κ2) is 4.85. The van der Waals surface area contributed by atoms with E-state index in [-0.39, 0.29) is 11.6 Å². The first-order chi connectivity index (χ1) is 9.26. The van der Waals surface area contributed by atoms with Crippen LogP contribution in [0.4, 0.5) is 0 Å². The van der Waals surface area contributed by atoms with Gasteiger partial charge in [-0.1, -0.05) is 12.1 Å². The fourth-order valence-corrected chi connectivity index (χ4v) is 3.23. The van der Waals surface area contributed by atoms with E-state index in [2.05, 4.69) is 17.4 Å². The van der Waals surface area contributed by atoms with Crippen LogP contribution < -0.4 is 10.1 Å². The second-order valence-corrected chi connectivity index (χ2v) is 5.27. The Morgan fingerprint density at radius 1 is 1.26 bits per heavy atom. The molecule has 0 unspecified atom stereocenters. The first kappa shape index (κ1) is 12.5. The molecule has 0 radical (unpaired) electrons. The van der Waals surface area contributed by atoms with Crippen LogP contribution in [0.2, 0.25) is 0 Å². The summed E-state index contributed by atoms with van der Waals surface area (Å²) in [5, 5.41) is 3.61. The van der Waals surface area contributed by atoms with Gasteiger partial charge in [0.15, 0.2) is 0 Å². The Morgan fingerprint density at radius 3 is 2.79 bits per heavy atom. The topological polar surface area (TPSA) is 41.6 Å². The van der Waals surface area contributed by atoms with Gasteiger partial charge in [-0.15, -0.1) is 0 Å². The fraction of sp³-hybridized carbons (Fsp3) is 0.533. The van der Waals surface area contributed by atoms with Crippen molar-refractivity contribution in [3.63, 3.8) is 0 Å². The molecule has 0 aliphatic carbocycles. The van der Waals surface area contributed by atoms with Crippen LogP contribution in [0.5, 0.6) is 5.75 Å². The maximum absolute atomic E-state index is 12.1. The van der Waals surface area contributed by atoms with E-state index in [0.29, 0.717) is 6.42 Å². The number of rotatable bonds is 2. The first-order valence-electron chi connectivity index (χ1n) is 6.96. The normalized spacial score (nSPS) is 27.0. The summed E-state index contributed by atoms with van der Waals surface area (Å²) in [7, 11) is 1.67. The monoisotopic (exact) mass is 260 g/mol. The lowest BCUT2D eigenvalue weighted by Crippen LogP contribution is -2.52. The number of carbonyl (C=O) groups excluding carboxylic acids is 1. The van der Waals surface area contributed by atoms with Gasteiger partial charge in [0.1, 0.15) is 11.4 Å². The molecule has 1 aromatic rings. The van der Waals surface area contributed by atoms with Gasteiger partial charge in [0.05, 0.1) is 7.11 Å². The molecular weight excluding hydrogens is 240 g/mol. The molecule has 1 aromatic carbocycles. The number of nitrogens with one attached hydrogen (secondary N) is 1. The Morgan fingerprint density at radius 2 is 2.05 bits per heavy atom. The number of benzene rings is 1. The van der Waals surface area contributed by atoms with E-state index in [1.807, 2.05) is 17.0 Å². The van der Waals surface area contributed by atoms with Crippen molar-refractivity contribution < 1.29 is 9.53 Å². The molecule has 1 N–H and O–H groups in total. The number of ether oxygens (including phenoxy) is 1. The summed E-state index contributed by atoms with van der Waals surface area (Å²) in [5.41, 5.74) is 0.876. The summed E-state index contributed by atoms with van der Waals surface area (Å²) >= 11 is 0. The van der Waals surface area contributed by atoms with Crippen molar-refractivity contribution in [3.05, 3.63) is 29.8 Å². The van der Waals surface area contributed by atoms with Crippen LogP contribution in [0.15, 0.2) is 24.3 Å². The van der Waals surface area contributed by atoms with E-state index >= 15 is 0 Å². The lowest BCUT2D eigenvalue weighted by atomic mass is 9.96. The summed E-state index contributed by atoms with van der Waals surface area (Å²) in [4.78, 5) is 14.2. The Hall–Kier alpha value is -1.55. The van der Waals surface area contributed by atoms with Crippen LogP contribution >= 0.6 is 0 Å². The van der Waals surface area contributed by atoms with Gasteiger partial charge < -0.3 is 9.64 Å². The van der Waals surface area contributed by atoms with Gasteiger partial charge in [0.25, 0.3) is 0 Å². The molecule has 2 heterocycles. The minimum absolute atomic E-state index is 0.269. The summed E-state index contributed by atoms with van der Waals surface area (Å²) in [6, 6.07) is 8.08. The van der Waals surface area contributed by atoms with Gasteiger partial charge in [0, 0.05) is 13.0 Å². The Balaban J connectivity index is 1.99. The lowest BCUT2D eigenvalue weighted by molar-refractivity contribution is -0.132. The molecule has 3 rings (SSSR count). The highest BCUT2D eigenvalue weighted by molar-refractivity contribution is 5.80. The van der Waals surface area contributed by atoms with E-state index in [1.54, 1.807) is 7.11 Å². The van der Waals surface area contributed by atoms with Crippen molar-refractivity contribution in [2.75, 3.05) is 20.2 Å². The predicted octanol–water partition coefficient (Wildman–Crippen LogP) is 1.85. The van der Waals surface area contributed by atoms with Crippen LogP contribution in [0, 0.1) is 0 Å². The van der Waals surface area contributed by atoms with Crippen molar-refractivity contribution in [2.24, 2.45) is 0 Å². The molecule has 2 aliphatic heterocycles. The van der Waals surface area contributed by atoms with Gasteiger partial charge in [-0.3, -0.25) is 10.1 Å². The van der Waals surface area contributed by atoms with Crippen molar-refractivity contribution >= 4 is 5.91 Å². The Labute approximate surface area is 113 Å². The summed E-state index contributed by atoms with van der Waals surface area (Å²) in [5.74, 6) is 1.12. The minimum atomic E-state index is -0.292. The first-order valence-corrected chi connectivity index (χ1v) is 6.96. The molecule has 0 bridgehead atoms. The van der Waals surface area contributed by atoms with E-state index in [9.17, 15) is 4.79 Å². The predicted molar refractivity (Wildman–Crippen MR) is 72.9 cm³/mol. The number of carbonyl (C=O) groups is 1. The van der Waals surface area contributed by atoms with Crippen molar-refractivity contribution in [2.45, 2.75) is 31.3 Å². The quantitative estimate of drug-likeness (QED) is 0.882. The molecule has 2 saturated heterocycles. The number of hydrogen-bond donors (Lipinski definition) is 1. The Bertz CT molecular complexity index is 472. The zero-order chi connectivity index (χ0) is 13.3.